The van der Waals surface area contributed by atoms with Crippen LogP contribution < -0.4 is 5.06 Å². The number of anilines is 1. The largest absolute Gasteiger partial charge is 0.458 e. The highest BCUT2D eigenvalue weighted by atomic mass is 16.7. The van der Waals surface area contributed by atoms with Crippen molar-refractivity contribution in [1.29, 1.82) is 0 Å². The van der Waals surface area contributed by atoms with E-state index in [1.165, 1.54) is 0 Å². The van der Waals surface area contributed by atoms with Gasteiger partial charge in [-0.05, 0) is 56.7 Å². The van der Waals surface area contributed by atoms with Crippen molar-refractivity contribution in [2.75, 3.05) is 11.7 Å². The van der Waals surface area contributed by atoms with Crippen LogP contribution in [0.1, 0.15) is 60.5 Å². The summed E-state index contributed by atoms with van der Waals surface area (Å²) in [7, 11) is 0. The van der Waals surface area contributed by atoms with Gasteiger partial charge in [0.1, 0.15) is 5.60 Å². The molecule has 1 aromatic rings. The molecule has 0 N–H and O–H groups in total. The third kappa shape index (κ3) is 4.67. The van der Waals surface area contributed by atoms with Crippen LogP contribution in [-0.2, 0) is 14.4 Å². The summed E-state index contributed by atoms with van der Waals surface area (Å²) in [6.07, 6.45) is 4.57. The Balaban J connectivity index is 2.53. The number of ether oxygens (including phenoxy) is 1. The Morgan fingerprint density at radius 2 is 1.77 bits per heavy atom. The SMILES string of the molecule is CC(C)CON1c2ccccc2C=CC1(CC(C)C)C(=O)OC(C)(C)C. The summed E-state index contributed by atoms with van der Waals surface area (Å²) in [5, 5.41) is 1.79. The smallest absolute Gasteiger partial charge is 0.339 e. The van der Waals surface area contributed by atoms with E-state index in [9.17, 15) is 4.79 Å². The molecule has 1 aliphatic heterocycles. The Hall–Kier alpha value is -1.81. The van der Waals surface area contributed by atoms with Crippen molar-refractivity contribution in [2.24, 2.45) is 11.8 Å². The molecule has 4 nitrogen and oxygen atoms in total. The van der Waals surface area contributed by atoms with Gasteiger partial charge in [-0.15, -0.1) is 0 Å². The van der Waals surface area contributed by atoms with Crippen LogP contribution in [0, 0.1) is 11.8 Å². The Morgan fingerprint density at radius 1 is 1.12 bits per heavy atom. The Kier molecular flexibility index (Phi) is 6.17. The Bertz CT molecular complexity index is 658. The minimum Gasteiger partial charge on any atom is -0.458 e. The average Bonchev–Trinajstić information content (AvgIpc) is 2.51. The van der Waals surface area contributed by atoms with Gasteiger partial charge < -0.3 is 4.74 Å². The molecule has 1 unspecified atom stereocenters. The lowest BCUT2D eigenvalue weighted by Gasteiger charge is -2.45. The van der Waals surface area contributed by atoms with Crippen molar-refractivity contribution in [1.82, 2.24) is 0 Å². The lowest BCUT2D eigenvalue weighted by molar-refractivity contribution is -0.164. The molecule has 4 heteroatoms. The summed E-state index contributed by atoms with van der Waals surface area (Å²) < 4.78 is 5.82. The first-order valence-corrected chi connectivity index (χ1v) is 9.50. The predicted octanol–water partition coefficient (Wildman–Crippen LogP) is 5.23. The molecule has 0 aromatic heterocycles. The molecule has 0 aliphatic carbocycles. The first-order valence-electron chi connectivity index (χ1n) is 9.50. The van der Waals surface area contributed by atoms with E-state index in [0.29, 0.717) is 24.9 Å². The number of benzene rings is 1. The number of hydroxylamine groups is 1. The summed E-state index contributed by atoms with van der Waals surface area (Å²) >= 11 is 0. The van der Waals surface area contributed by atoms with Gasteiger partial charge >= 0.3 is 5.97 Å². The molecule has 2 rings (SSSR count). The standard InChI is InChI=1S/C22H33NO3/c1-16(2)14-22(20(24)26-21(5,6)7)13-12-18-10-8-9-11-19(18)23(22)25-15-17(3)4/h8-13,16-17H,14-15H2,1-7H3. The number of fused-ring (bicyclic) bond motifs is 1. The molecule has 26 heavy (non-hydrogen) atoms. The van der Waals surface area contributed by atoms with Crippen LogP contribution >= 0.6 is 0 Å². The average molecular weight is 360 g/mol. The van der Waals surface area contributed by atoms with E-state index in [4.69, 9.17) is 9.57 Å². The van der Waals surface area contributed by atoms with Gasteiger partial charge in [0, 0.05) is 0 Å². The number of esters is 1. The highest BCUT2D eigenvalue weighted by Crippen LogP contribution is 2.40. The van der Waals surface area contributed by atoms with Gasteiger partial charge in [-0.3, -0.25) is 4.84 Å². The fraction of sp³-hybridized carbons (Fsp3) is 0.591. The normalized spacial score (nSPS) is 19.8. The van der Waals surface area contributed by atoms with Crippen molar-refractivity contribution in [3.8, 4) is 0 Å². The molecule has 0 saturated heterocycles. The monoisotopic (exact) mass is 359 g/mol. The molecule has 1 atom stereocenters. The van der Waals surface area contributed by atoms with Crippen LogP contribution in [-0.4, -0.2) is 23.7 Å². The topological polar surface area (TPSA) is 38.8 Å². The quantitative estimate of drug-likeness (QED) is 0.652. The van der Waals surface area contributed by atoms with Crippen molar-refractivity contribution in [3.05, 3.63) is 35.9 Å². The van der Waals surface area contributed by atoms with E-state index < -0.39 is 11.1 Å². The lowest BCUT2D eigenvalue weighted by atomic mass is 9.84. The van der Waals surface area contributed by atoms with Crippen LogP contribution in [0.3, 0.4) is 0 Å². The van der Waals surface area contributed by atoms with Crippen LogP contribution in [0.15, 0.2) is 30.3 Å². The second-order valence-electron chi connectivity index (χ2n) is 8.90. The summed E-state index contributed by atoms with van der Waals surface area (Å²) in [6, 6.07) is 8.00. The van der Waals surface area contributed by atoms with Gasteiger partial charge in [0.25, 0.3) is 0 Å². The molecule has 1 aromatic carbocycles. The van der Waals surface area contributed by atoms with Crippen LogP contribution in [0.2, 0.25) is 0 Å². The first kappa shape index (κ1) is 20.5. The molecule has 1 heterocycles. The fourth-order valence-electron chi connectivity index (χ4n) is 3.11. The van der Waals surface area contributed by atoms with Crippen LogP contribution in [0.25, 0.3) is 6.08 Å². The van der Waals surface area contributed by atoms with E-state index in [2.05, 4.69) is 27.7 Å². The molecule has 0 amide bonds. The minimum absolute atomic E-state index is 0.270. The van der Waals surface area contributed by atoms with Crippen molar-refractivity contribution in [2.45, 2.75) is 66.0 Å². The molecular weight excluding hydrogens is 326 g/mol. The van der Waals surface area contributed by atoms with Crippen molar-refractivity contribution >= 4 is 17.7 Å². The van der Waals surface area contributed by atoms with E-state index in [0.717, 1.165) is 11.3 Å². The number of hydrogen-bond acceptors (Lipinski definition) is 4. The van der Waals surface area contributed by atoms with Gasteiger partial charge in [-0.2, -0.15) is 0 Å². The molecular formula is C22H33NO3. The second kappa shape index (κ2) is 7.83. The van der Waals surface area contributed by atoms with Crippen molar-refractivity contribution in [3.63, 3.8) is 0 Å². The highest BCUT2D eigenvalue weighted by Gasteiger charge is 2.48. The molecule has 144 valence electrons. The zero-order valence-corrected chi connectivity index (χ0v) is 17.2. The molecule has 0 saturated carbocycles. The van der Waals surface area contributed by atoms with Crippen molar-refractivity contribution < 1.29 is 14.4 Å². The number of rotatable bonds is 6. The summed E-state index contributed by atoms with van der Waals surface area (Å²) in [5.41, 5.74) is 0.418. The number of para-hydroxylation sites is 1. The zero-order chi connectivity index (χ0) is 19.5. The van der Waals surface area contributed by atoms with Gasteiger partial charge in [0.2, 0.25) is 0 Å². The third-order valence-corrected chi connectivity index (χ3v) is 4.07. The third-order valence-electron chi connectivity index (χ3n) is 4.07. The van der Waals surface area contributed by atoms with Gasteiger partial charge in [0.15, 0.2) is 5.54 Å². The van der Waals surface area contributed by atoms with E-state index in [-0.39, 0.29) is 5.97 Å². The molecule has 1 aliphatic rings. The fourth-order valence-corrected chi connectivity index (χ4v) is 3.11. The summed E-state index contributed by atoms with van der Waals surface area (Å²) in [4.78, 5) is 19.5. The summed E-state index contributed by atoms with van der Waals surface area (Å²) in [5.74, 6) is 0.374. The summed E-state index contributed by atoms with van der Waals surface area (Å²) in [6.45, 7) is 14.6. The number of hydrogen-bond donors (Lipinski definition) is 0. The predicted molar refractivity (Wildman–Crippen MR) is 107 cm³/mol. The van der Waals surface area contributed by atoms with E-state index in [1.54, 1.807) is 5.06 Å². The lowest BCUT2D eigenvalue weighted by Crippen LogP contribution is -2.57. The molecule has 0 fully saturated rings. The van der Waals surface area contributed by atoms with E-state index >= 15 is 0 Å². The van der Waals surface area contributed by atoms with E-state index in [1.807, 2.05) is 57.2 Å². The first-order chi connectivity index (χ1) is 12.0. The van der Waals surface area contributed by atoms with Gasteiger partial charge in [0.05, 0.1) is 12.3 Å². The molecule has 0 bridgehead atoms. The molecule has 0 radical (unpaired) electrons. The Morgan fingerprint density at radius 3 is 2.35 bits per heavy atom. The minimum atomic E-state index is -0.968. The van der Waals surface area contributed by atoms with Gasteiger partial charge in [-0.1, -0.05) is 52.0 Å². The number of carbonyl (C=O) groups excluding carboxylic acids is 1. The second-order valence-corrected chi connectivity index (χ2v) is 8.90. The Labute approximate surface area is 158 Å². The van der Waals surface area contributed by atoms with Gasteiger partial charge in [-0.25, -0.2) is 9.86 Å². The number of nitrogens with zero attached hydrogens (tertiary/aromatic N) is 1. The molecule has 0 spiro atoms. The zero-order valence-electron chi connectivity index (χ0n) is 17.2. The number of carbonyl (C=O) groups is 1. The maximum atomic E-state index is 13.3. The van der Waals surface area contributed by atoms with Crippen LogP contribution in [0.5, 0.6) is 0 Å². The maximum absolute atomic E-state index is 13.3. The highest BCUT2D eigenvalue weighted by molar-refractivity contribution is 5.92. The van der Waals surface area contributed by atoms with Crippen LogP contribution in [0.4, 0.5) is 5.69 Å². The maximum Gasteiger partial charge on any atom is 0.339 e.